The number of nitrogens with zero attached hydrogens (tertiary/aromatic N) is 1. The average Bonchev–Trinajstić information content (AvgIpc) is 2.42. The third kappa shape index (κ3) is 2.39. The number of para-hydroxylation sites is 1. The molecule has 0 fully saturated rings. The Balaban J connectivity index is 1.95. The lowest BCUT2D eigenvalue weighted by atomic mass is 9.98. The number of anilines is 1. The Hall–Kier alpha value is -1.94. The first-order valence-corrected chi connectivity index (χ1v) is 6.66. The maximum Gasteiger partial charge on any atom is 0.131 e. The monoisotopic (exact) mass is 274 g/mol. The Kier molecular flexibility index (Phi) is 3.40. The zero-order valence-corrected chi connectivity index (χ0v) is 11.0. The summed E-state index contributed by atoms with van der Waals surface area (Å²) in [4.78, 5) is 1.95. The maximum absolute atomic E-state index is 13.8. The SMILES string of the molecule is NC1Cc2ccccc2N(Cc2c(F)cccc2F)C1. The Labute approximate surface area is 116 Å². The second-order valence-corrected chi connectivity index (χ2v) is 5.17. The molecule has 2 N–H and O–H groups in total. The molecule has 0 saturated carbocycles. The normalized spacial score (nSPS) is 17.9. The Bertz CT molecular complexity index is 607. The largest absolute Gasteiger partial charge is 0.365 e. The van der Waals surface area contributed by atoms with E-state index in [-0.39, 0.29) is 18.2 Å². The zero-order chi connectivity index (χ0) is 14.1. The Morgan fingerprint density at radius 2 is 1.75 bits per heavy atom. The summed E-state index contributed by atoms with van der Waals surface area (Å²) in [6, 6.07) is 11.8. The molecule has 0 amide bonds. The van der Waals surface area contributed by atoms with Crippen molar-refractivity contribution in [1.82, 2.24) is 0 Å². The van der Waals surface area contributed by atoms with E-state index in [0.29, 0.717) is 6.54 Å². The summed E-state index contributed by atoms with van der Waals surface area (Å²) in [5, 5.41) is 0. The van der Waals surface area contributed by atoms with Crippen LogP contribution in [0, 0.1) is 11.6 Å². The fourth-order valence-corrected chi connectivity index (χ4v) is 2.74. The molecule has 2 aromatic rings. The highest BCUT2D eigenvalue weighted by atomic mass is 19.1. The van der Waals surface area contributed by atoms with E-state index < -0.39 is 11.6 Å². The molecular formula is C16H16F2N2. The molecule has 3 rings (SSSR count). The van der Waals surface area contributed by atoms with Gasteiger partial charge < -0.3 is 10.6 Å². The molecule has 0 aliphatic carbocycles. The lowest BCUT2D eigenvalue weighted by Gasteiger charge is -2.34. The van der Waals surface area contributed by atoms with Crippen LogP contribution in [0.25, 0.3) is 0 Å². The minimum absolute atomic E-state index is 0.0141. The topological polar surface area (TPSA) is 29.3 Å². The number of halogens is 2. The van der Waals surface area contributed by atoms with Crippen LogP contribution in [-0.2, 0) is 13.0 Å². The molecule has 0 bridgehead atoms. The molecule has 0 saturated heterocycles. The van der Waals surface area contributed by atoms with Crippen LogP contribution in [-0.4, -0.2) is 12.6 Å². The molecular weight excluding hydrogens is 258 g/mol. The van der Waals surface area contributed by atoms with Crippen LogP contribution < -0.4 is 10.6 Å². The van der Waals surface area contributed by atoms with Crippen LogP contribution in [0.3, 0.4) is 0 Å². The minimum Gasteiger partial charge on any atom is -0.365 e. The first-order valence-electron chi connectivity index (χ1n) is 6.66. The predicted molar refractivity (Wildman–Crippen MR) is 75.5 cm³/mol. The highest BCUT2D eigenvalue weighted by Gasteiger charge is 2.23. The summed E-state index contributed by atoms with van der Waals surface area (Å²) in [6.45, 7) is 0.800. The lowest BCUT2D eigenvalue weighted by Crippen LogP contribution is -2.43. The minimum atomic E-state index is -0.512. The van der Waals surface area contributed by atoms with Gasteiger partial charge in [0.25, 0.3) is 0 Å². The molecule has 104 valence electrons. The van der Waals surface area contributed by atoms with Gasteiger partial charge in [-0.3, -0.25) is 0 Å². The third-order valence-electron chi connectivity index (χ3n) is 3.68. The number of hydrogen-bond acceptors (Lipinski definition) is 2. The van der Waals surface area contributed by atoms with Gasteiger partial charge in [-0.05, 0) is 30.2 Å². The van der Waals surface area contributed by atoms with Gasteiger partial charge in [0.1, 0.15) is 11.6 Å². The third-order valence-corrected chi connectivity index (χ3v) is 3.68. The predicted octanol–water partition coefficient (Wildman–Crippen LogP) is 2.85. The second kappa shape index (κ2) is 5.21. The van der Waals surface area contributed by atoms with E-state index in [0.717, 1.165) is 17.7 Å². The van der Waals surface area contributed by atoms with Crippen molar-refractivity contribution >= 4 is 5.69 Å². The standard InChI is InChI=1S/C16H16F2N2/c17-14-5-3-6-15(18)13(14)10-20-9-12(19)8-11-4-1-2-7-16(11)20/h1-7,12H,8-10,19H2. The Morgan fingerprint density at radius 1 is 1.05 bits per heavy atom. The van der Waals surface area contributed by atoms with Crippen LogP contribution >= 0.6 is 0 Å². The van der Waals surface area contributed by atoms with Gasteiger partial charge in [0.2, 0.25) is 0 Å². The Morgan fingerprint density at radius 3 is 2.50 bits per heavy atom. The van der Waals surface area contributed by atoms with E-state index in [9.17, 15) is 8.78 Å². The highest BCUT2D eigenvalue weighted by Crippen LogP contribution is 2.28. The van der Waals surface area contributed by atoms with Crippen molar-refractivity contribution < 1.29 is 8.78 Å². The molecule has 1 aliphatic rings. The first kappa shape index (κ1) is 13.1. The molecule has 1 heterocycles. The summed E-state index contributed by atoms with van der Waals surface area (Å²) < 4.78 is 27.6. The fraction of sp³-hybridized carbons (Fsp3) is 0.250. The van der Waals surface area contributed by atoms with Gasteiger partial charge in [-0.1, -0.05) is 24.3 Å². The van der Waals surface area contributed by atoms with E-state index in [4.69, 9.17) is 5.73 Å². The molecule has 1 unspecified atom stereocenters. The van der Waals surface area contributed by atoms with Gasteiger partial charge >= 0.3 is 0 Å². The van der Waals surface area contributed by atoms with Gasteiger partial charge in [-0.25, -0.2) is 8.78 Å². The molecule has 2 aromatic carbocycles. The number of benzene rings is 2. The van der Waals surface area contributed by atoms with Crippen LogP contribution in [0.4, 0.5) is 14.5 Å². The molecule has 0 radical (unpaired) electrons. The summed E-state index contributed by atoms with van der Waals surface area (Å²) in [5.41, 5.74) is 8.27. The highest BCUT2D eigenvalue weighted by molar-refractivity contribution is 5.56. The molecule has 0 aromatic heterocycles. The number of fused-ring (bicyclic) bond motifs is 1. The van der Waals surface area contributed by atoms with Crippen LogP contribution in [0.15, 0.2) is 42.5 Å². The maximum atomic E-state index is 13.8. The molecule has 1 aliphatic heterocycles. The quantitative estimate of drug-likeness (QED) is 0.912. The van der Waals surface area contributed by atoms with E-state index in [2.05, 4.69) is 0 Å². The average molecular weight is 274 g/mol. The van der Waals surface area contributed by atoms with Crippen molar-refractivity contribution in [3.8, 4) is 0 Å². The summed E-state index contributed by atoms with van der Waals surface area (Å²) >= 11 is 0. The van der Waals surface area contributed by atoms with Gasteiger partial charge in [-0.2, -0.15) is 0 Å². The number of nitrogens with two attached hydrogens (primary N) is 1. The van der Waals surface area contributed by atoms with Gasteiger partial charge in [0.15, 0.2) is 0 Å². The fourth-order valence-electron chi connectivity index (χ4n) is 2.74. The molecule has 2 nitrogen and oxygen atoms in total. The van der Waals surface area contributed by atoms with E-state index in [1.807, 2.05) is 29.2 Å². The summed E-state index contributed by atoms with van der Waals surface area (Å²) in [7, 11) is 0. The number of rotatable bonds is 2. The smallest absolute Gasteiger partial charge is 0.131 e. The van der Waals surface area contributed by atoms with E-state index >= 15 is 0 Å². The first-order chi connectivity index (χ1) is 9.65. The second-order valence-electron chi connectivity index (χ2n) is 5.17. The molecule has 1 atom stereocenters. The molecule has 20 heavy (non-hydrogen) atoms. The van der Waals surface area contributed by atoms with Crippen molar-refractivity contribution in [1.29, 1.82) is 0 Å². The number of hydrogen-bond donors (Lipinski definition) is 1. The van der Waals surface area contributed by atoms with Crippen molar-refractivity contribution in [2.45, 2.75) is 19.0 Å². The molecule has 0 spiro atoms. The summed E-state index contributed by atoms with van der Waals surface area (Å²) in [6.07, 6.45) is 0.798. The van der Waals surface area contributed by atoms with Crippen molar-refractivity contribution in [3.63, 3.8) is 0 Å². The van der Waals surface area contributed by atoms with Crippen LogP contribution in [0.2, 0.25) is 0 Å². The van der Waals surface area contributed by atoms with Gasteiger partial charge in [0.05, 0.1) is 0 Å². The molecule has 4 heteroatoms. The van der Waals surface area contributed by atoms with Crippen molar-refractivity contribution in [3.05, 3.63) is 65.2 Å². The van der Waals surface area contributed by atoms with Gasteiger partial charge in [-0.15, -0.1) is 0 Å². The van der Waals surface area contributed by atoms with Gasteiger partial charge in [0, 0.05) is 30.4 Å². The van der Waals surface area contributed by atoms with E-state index in [1.165, 1.54) is 18.2 Å². The van der Waals surface area contributed by atoms with Crippen LogP contribution in [0.1, 0.15) is 11.1 Å². The van der Waals surface area contributed by atoms with E-state index in [1.54, 1.807) is 0 Å². The zero-order valence-electron chi connectivity index (χ0n) is 11.0. The van der Waals surface area contributed by atoms with Crippen LogP contribution in [0.5, 0.6) is 0 Å². The van der Waals surface area contributed by atoms with Crippen molar-refractivity contribution in [2.24, 2.45) is 5.73 Å². The summed E-state index contributed by atoms with van der Waals surface area (Å²) in [5.74, 6) is -1.02. The lowest BCUT2D eigenvalue weighted by molar-refractivity contribution is 0.535. The van der Waals surface area contributed by atoms with Crippen molar-refractivity contribution in [2.75, 3.05) is 11.4 Å².